The lowest BCUT2D eigenvalue weighted by atomic mass is 10.1. The number of hydrogen-bond donors (Lipinski definition) is 2. The Balaban J connectivity index is 2.09. The second-order valence-electron chi connectivity index (χ2n) is 3.54. The smallest absolute Gasteiger partial charge is 0.321 e. The van der Waals surface area contributed by atoms with Crippen LogP contribution in [-0.4, -0.2) is 22.9 Å². The Bertz CT molecular complexity index is 435. The molecule has 1 aliphatic rings. The van der Waals surface area contributed by atoms with E-state index >= 15 is 0 Å². The molecule has 4 heteroatoms. The van der Waals surface area contributed by atoms with Gasteiger partial charge in [-0.1, -0.05) is 18.1 Å². The van der Waals surface area contributed by atoms with E-state index in [1.165, 1.54) is 0 Å². The predicted octanol–water partition coefficient (Wildman–Crippen LogP) is 1.46. The van der Waals surface area contributed by atoms with E-state index in [0.717, 1.165) is 11.1 Å². The predicted molar refractivity (Wildman–Crippen MR) is 64.1 cm³/mol. The van der Waals surface area contributed by atoms with Crippen molar-refractivity contribution in [3.05, 3.63) is 35.4 Å². The van der Waals surface area contributed by atoms with Crippen LogP contribution in [0.2, 0.25) is 0 Å². The fraction of sp³-hybridized carbons (Fsp3) is 0.250. The Labute approximate surface area is 98.2 Å². The van der Waals surface area contributed by atoms with Gasteiger partial charge in [0, 0.05) is 11.3 Å². The van der Waals surface area contributed by atoms with Gasteiger partial charge in [0.2, 0.25) is 0 Å². The highest BCUT2D eigenvalue weighted by Gasteiger charge is 2.29. The molecule has 2 unspecified atom stereocenters. The summed E-state index contributed by atoms with van der Waals surface area (Å²) >= 11 is 1.60. The Hall–Kier alpha value is -1.44. The molecule has 1 heterocycles. The van der Waals surface area contributed by atoms with Crippen LogP contribution >= 0.6 is 11.8 Å². The molecule has 0 spiro atoms. The number of carbonyl (C=O) groups is 1. The van der Waals surface area contributed by atoms with Gasteiger partial charge in [0.1, 0.15) is 6.04 Å². The van der Waals surface area contributed by atoms with Crippen molar-refractivity contribution in [2.24, 2.45) is 0 Å². The maximum absolute atomic E-state index is 10.8. The Morgan fingerprint density at radius 1 is 1.50 bits per heavy atom. The van der Waals surface area contributed by atoms with Gasteiger partial charge in [-0.25, -0.2) is 0 Å². The Morgan fingerprint density at radius 2 is 2.19 bits per heavy atom. The van der Waals surface area contributed by atoms with Crippen molar-refractivity contribution in [1.29, 1.82) is 0 Å². The van der Waals surface area contributed by atoms with Crippen molar-refractivity contribution >= 4 is 17.7 Å². The molecule has 82 valence electrons. The van der Waals surface area contributed by atoms with Gasteiger partial charge in [-0.15, -0.1) is 18.2 Å². The highest BCUT2D eigenvalue weighted by atomic mass is 32.2. The summed E-state index contributed by atoms with van der Waals surface area (Å²) in [6, 6.07) is 7.15. The summed E-state index contributed by atoms with van der Waals surface area (Å²) in [5.41, 5.74) is 1.90. The molecule has 0 amide bonds. The van der Waals surface area contributed by atoms with E-state index in [2.05, 4.69) is 11.2 Å². The summed E-state index contributed by atoms with van der Waals surface area (Å²) in [4.78, 5) is 10.8. The third-order valence-corrected chi connectivity index (χ3v) is 3.73. The SMILES string of the molecule is C#Cc1ccc(C2NC(C(=O)O)CS2)cc1. The number of carboxylic acid groups (broad SMARTS) is 1. The number of aliphatic carboxylic acids is 1. The van der Waals surface area contributed by atoms with Gasteiger partial charge >= 0.3 is 5.97 Å². The van der Waals surface area contributed by atoms with Gasteiger partial charge in [-0.05, 0) is 17.7 Å². The van der Waals surface area contributed by atoms with Crippen LogP contribution < -0.4 is 5.32 Å². The number of rotatable bonds is 2. The molecule has 3 nitrogen and oxygen atoms in total. The van der Waals surface area contributed by atoms with Gasteiger partial charge < -0.3 is 5.11 Å². The lowest BCUT2D eigenvalue weighted by Gasteiger charge is -2.11. The highest BCUT2D eigenvalue weighted by molar-refractivity contribution is 7.99. The minimum Gasteiger partial charge on any atom is -0.480 e. The third kappa shape index (κ3) is 2.21. The van der Waals surface area contributed by atoms with Gasteiger partial charge in [0.15, 0.2) is 0 Å². The molecular weight excluding hydrogens is 222 g/mol. The molecule has 1 aromatic rings. The van der Waals surface area contributed by atoms with Crippen molar-refractivity contribution in [1.82, 2.24) is 5.32 Å². The monoisotopic (exact) mass is 233 g/mol. The summed E-state index contributed by atoms with van der Waals surface area (Å²) < 4.78 is 0. The van der Waals surface area contributed by atoms with Gasteiger partial charge in [0.25, 0.3) is 0 Å². The molecular formula is C12H11NO2S. The molecule has 2 N–H and O–H groups in total. The van der Waals surface area contributed by atoms with Crippen LogP contribution in [0.3, 0.4) is 0 Å². The highest BCUT2D eigenvalue weighted by Crippen LogP contribution is 2.32. The van der Waals surface area contributed by atoms with E-state index in [9.17, 15) is 4.79 Å². The summed E-state index contributed by atoms with van der Waals surface area (Å²) in [6.45, 7) is 0. The molecule has 0 aliphatic carbocycles. The lowest BCUT2D eigenvalue weighted by Crippen LogP contribution is -2.33. The van der Waals surface area contributed by atoms with E-state index < -0.39 is 12.0 Å². The fourth-order valence-electron chi connectivity index (χ4n) is 1.56. The molecule has 0 aromatic heterocycles. The second kappa shape index (κ2) is 4.60. The molecule has 1 aliphatic heterocycles. The Kier molecular flexibility index (Phi) is 3.18. The summed E-state index contributed by atoms with van der Waals surface area (Å²) in [5.74, 6) is 2.35. The molecule has 0 radical (unpaired) electrons. The molecule has 0 bridgehead atoms. The zero-order chi connectivity index (χ0) is 11.5. The van der Waals surface area contributed by atoms with Gasteiger partial charge in [-0.2, -0.15) is 0 Å². The number of carboxylic acids is 1. The molecule has 1 aromatic carbocycles. The van der Waals surface area contributed by atoms with E-state index in [1.807, 2.05) is 24.3 Å². The summed E-state index contributed by atoms with van der Waals surface area (Å²) in [7, 11) is 0. The molecule has 1 saturated heterocycles. The molecule has 1 fully saturated rings. The second-order valence-corrected chi connectivity index (χ2v) is 4.68. The van der Waals surface area contributed by atoms with Crippen molar-refractivity contribution < 1.29 is 9.90 Å². The molecule has 16 heavy (non-hydrogen) atoms. The molecule has 2 atom stereocenters. The number of terminal acetylenes is 1. The topological polar surface area (TPSA) is 49.3 Å². The quantitative estimate of drug-likeness (QED) is 0.759. The van der Waals surface area contributed by atoms with Crippen LogP contribution in [0.1, 0.15) is 16.5 Å². The van der Waals surface area contributed by atoms with E-state index in [0.29, 0.717) is 5.75 Å². The Morgan fingerprint density at radius 3 is 2.69 bits per heavy atom. The van der Waals surface area contributed by atoms with Crippen LogP contribution in [-0.2, 0) is 4.79 Å². The van der Waals surface area contributed by atoms with Crippen molar-refractivity contribution in [3.8, 4) is 12.3 Å². The van der Waals surface area contributed by atoms with Crippen molar-refractivity contribution in [2.75, 3.05) is 5.75 Å². The number of hydrogen-bond acceptors (Lipinski definition) is 3. The average molecular weight is 233 g/mol. The van der Waals surface area contributed by atoms with Crippen LogP contribution in [0.25, 0.3) is 0 Å². The fourth-order valence-corrected chi connectivity index (χ4v) is 2.79. The zero-order valence-corrected chi connectivity index (χ0v) is 9.33. The first-order chi connectivity index (χ1) is 7.70. The first-order valence-electron chi connectivity index (χ1n) is 4.88. The van der Waals surface area contributed by atoms with Crippen molar-refractivity contribution in [2.45, 2.75) is 11.4 Å². The average Bonchev–Trinajstić information content (AvgIpc) is 2.78. The normalized spacial score (nSPS) is 23.9. The maximum atomic E-state index is 10.8. The van der Waals surface area contributed by atoms with Crippen LogP contribution in [0.4, 0.5) is 0 Å². The minimum absolute atomic E-state index is 0.0490. The summed E-state index contributed by atoms with van der Waals surface area (Å²) in [6.07, 6.45) is 5.27. The van der Waals surface area contributed by atoms with Crippen LogP contribution in [0.15, 0.2) is 24.3 Å². The largest absolute Gasteiger partial charge is 0.480 e. The first-order valence-corrected chi connectivity index (χ1v) is 5.92. The first kappa shape index (κ1) is 11.1. The minimum atomic E-state index is -0.796. The molecule has 2 rings (SSSR count). The van der Waals surface area contributed by atoms with Crippen LogP contribution in [0, 0.1) is 12.3 Å². The number of thioether (sulfide) groups is 1. The van der Waals surface area contributed by atoms with E-state index in [4.69, 9.17) is 11.5 Å². The lowest BCUT2D eigenvalue weighted by molar-refractivity contribution is -0.138. The van der Waals surface area contributed by atoms with E-state index in [1.54, 1.807) is 11.8 Å². The van der Waals surface area contributed by atoms with Gasteiger partial charge in [0.05, 0.1) is 5.37 Å². The van der Waals surface area contributed by atoms with Crippen LogP contribution in [0.5, 0.6) is 0 Å². The standard InChI is InChI=1S/C12H11NO2S/c1-2-8-3-5-9(6-4-8)11-13-10(7-16-11)12(14)15/h1,3-6,10-11,13H,7H2,(H,14,15). The summed E-state index contributed by atoms with van der Waals surface area (Å²) in [5, 5.41) is 12.0. The molecule has 0 saturated carbocycles. The van der Waals surface area contributed by atoms with E-state index in [-0.39, 0.29) is 5.37 Å². The zero-order valence-electron chi connectivity index (χ0n) is 8.51. The third-order valence-electron chi connectivity index (χ3n) is 2.46. The number of benzene rings is 1. The maximum Gasteiger partial charge on any atom is 0.321 e. The number of nitrogens with one attached hydrogen (secondary N) is 1. The van der Waals surface area contributed by atoms with Gasteiger partial charge in [-0.3, -0.25) is 10.1 Å². The van der Waals surface area contributed by atoms with Crippen molar-refractivity contribution in [3.63, 3.8) is 0 Å².